The highest BCUT2D eigenvalue weighted by Crippen LogP contribution is 2.32. The Morgan fingerprint density at radius 2 is 1.94 bits per heavy atom. The van der Waals surface area contributed by atoms with E-state index in [9.17, 15) is 4.79 Å². The Labute approximate surface area is 104 Å². The Morgan fingerprint density at radius 1 is 1.25 bits per heavy atom. The van der Waals surface area contributed by atoms with E-state index in [1.54, 1.807) is 6.08 Å². The maximum absolute atomic E-state index is 11.7. The van der Waals surface area contributed by atoms with Gasteiger partial charge in [-0.25, -0.2) is 0 Å². The maximum Gasteiger partial charge on any atom is 0.159 e. The molecule has 0 heterocycles. The van der Waals surface area contributed by atoms with Crippen LogP contribution in [-0.2, 0) is 4.79 Å². The van der Waals surface area contributed by atoms with Crippen LogP contribution in [0.1, 0.15) is 46.0 Å². The van der Waals surface area contributed by atoms with Gasteiger partial charge in [0, 0.05) is 11.8 Å². The first-order valence-corrected chi connectivity index (χ1v) is 6.98. The van der Waals surface area contributed by atoms with Crippen molar-refractivity contribution in [2.24, 2.45) is 17.8 Å². The molecule has 2 atom stereocenters. The van der Waals surface area contributed by atoms with E-state index >= 15 is 0 Å². The lowest BCUT2D eigenvalue weighted by atomic mass is 9.82. The molecule has 2 heteroatoms. The van der Waals surface area contributed by atoms with Crippen molar-refractivity contribution in [2.75, 3.05) is 5.88 Å². The molecule has 1 aliphatic rings. The SMILES string of the molecule is CC(C)[C@@H]1C=CC(=O)[C@H]1CCCCCCCl. The van der Waals surface area contributed by atoms with Gasteiger partial charge in [0.1, 0.15) is 0 Å². The number of carbonyl (C=O) groups is 1. The van der Waals surface area contributed by atoms with Gasteiger partial charge in [0.15, 0.2) is 5.78 Å². The number of hydrogen-bond donors (Lipinski definition) is 0. The van der Waals surface area contributed by atoms with E-state index in [-0.39, 0.29) is 5.92 Å². The van der Waals surface area contributed by atoms with Gasteiger partial charge in [-0.05, 0) is 30.8 Å². The molecule has 0 bridgehead atoms. The fourth-order valence-corrected chi connectivity index (χ4v) is 2.68. The van der Waals surface area contributed by atoms with E-state index in [1.165, 1.54) is 12.8 Å². The van der Waals surface area contributed by atoms with Crippen LogP contribution >= 0.6 is 11.6 Å². The molecule has 0 spiro atoms. The van der Waals surface area contributed by atoms with E-state index in [2.05, 4.69) is 19.9 Å². The molecule has 0 aromatic carbocycles. The largest absolute Gasteiger partial charge is 0.295 e. The highest BCUT2D eigenvalue weighted by molar-refractivity contribution is 6.17. The Balaban J connectivity index is 2.27. The quantitative estimate of drug-likeness (QED) is 0.483. The van der Waals surface area contributed by atoms with Crippen molar-refractivity contribution in [3.05, 3.63) is 12.2 Å². The van der Waals surface area contributed by atoms with Gasteiger partial charge in [0.25, 0.3) is 0 Å². The fraction of sp³-hybridized carbons (Fsp3) is 0.786. The zero-order valence-corrected chi connectivity index (χ0v) is 11.2. The van der Waals surface area contributed by atoms with Crippen LogP contribution in [0.15, 0.2) is 12.2 Å². The van der Waals surface area contributed by atoms with Gasteiger partial charge >= 0.3 is 0 Å². The third kappa shape index (κ3) is 3.93. The molecule has 0 radical (unpaired) electrons. The molecule has 16 heavy (non-hydrogen) atoms. The van der Waals surface area contributed by atoms with Crippen LogP contribution in [0.25, 0.3) is 0 Å². The number of rotatable bonds is 7. The van der Waals surface area contributed by atoms with Gasteiger partial charge < -0.3 is 0 Å². The summed E-state index contributed by atoms with van der Waals surface area (Å²) >= 11 is 5.63. The Hall–Kier alpha value is -0.300. The van der Waals surface area contributed by atoms with E-state index in [1.807, 2.05) is 0 Å². The number of carbonyl (C=O) groups excluding carboxylic acids is 1. The molecule has 0 aromatic rings. The monoisotopic (exact) mass is 242 g/mol. The van der Waals surface area contributed by atoms with E-state index in [0.717, 1.165) is 25.1 Å². The van der Waals surface area contributed by atoms with Crippen molar-refractivity contribution in [1.29, 1.82) is 0 Å². The molecule has 0 saturated heterocycles. The standard InChI is InChI=1S/C14H23ClO/c1-11(2)12-8-9-14(16)13(12)7-5-3-4-6-10-15/h8-9,11-13H,3-7,10H2,1-2H3/t12-,13-/m0/s1. The van der Waals surface area contributed by atoms with Gasteiger partial charge in [-0.1, -0.05) is 39.2 Å². The first-order chi connectivity index (χ1) is 7.66. The summed E-state index contributed by atoms with van der Waals surface area (Å²) in [6.07, 6.45) is 9.62. The number of alkyl halides is 1. The molecular weight excluding hydrogens is 220 g/mol. The lowest BCUT2D eigenvalue weighted by Gasteiger charge is -2.21. The molecule has 0 saturated carbocycles. The minimum atomic E-state index is 0.260. The van der Waals surface area contributed by atoms with E-state index in [4.69, 9.17) is 11.6 Å². The number of halogens is 1. The first-order valence-electron chi connectivity index (χ1n) is 6.45. The topological polar surface area (TPSA) is 17.1 Å². The zero-order valence-electron chi connectivity index (χ0n) is 10.4. The Bertz CT molecular complexity index is 245. The van der Waals surface area contributed by atoms with E-state index in [0.29, 0.717) is 17.6 Å². The minimum Gasteiger partial charge on any atom is -0.295 e. The molecule has 0 fully saturated rings. The Kier molecular flexibility index (Phi) is 6.12. The van der Waals surface area contributed by atoms with Crippen molar-refractivity contribution < 1.29 is 4.79 Å². The van der Waals surface area contributed by atoms with Crippen LogP contribution in [0.5, 0.6) is 0 Å². The minimum absolute atomic E-state index is 0.260. The molecule has 1 aliphatic carbocycles. The van der Waals surface area contributed by atoms with Crippen LogP contribution in [0.4, 0.5) is 0 Å². The molecule has 0 amide bonds. The summed E-state index contributed by atoms with van der Waals surface area (Å²) < 4.78 is 0. The highest BCUT2D eigenvalue weighted by atomic mass is 35.5. The molecule has 0 unspecified atom stereocenters. The second kappa shape index (κ2) is 7.11. The molecule has 0 aliphatic heterocycles. The fourth-order valence-electron chi connectivity index (χ4n) is 2.49. The molecular formula is C14H23ClO. The molecule has 92 valence electrons. The van der Waals surface area contributed by atoms with Crippen molar-refractivity contribution in [1.82, 2.24) is 0 Å². The molecule has 0 N–H and O–H groups in total. The summed E-state index contributed by atoms with van der Waals surface area (Å²) in [6, 6.07) is 0. The second-order valence-electron chi connectivity index (χ2n) is 5.08. The zero-order chi connectivity index (χ0) is 12.0. The molecule has 1 nitrogen and oxygen atoms in total. The summed E-state index contributed by atoms with van der Waals surface area (Å²) in [7, 11) is 0. The van der Waals surface area contributed by atoms with Gasteiger partial charge in [-0.3, -0.25) is 4.79 Å². The van der Waals surface area contributed by atoms with Gasteiger partial charge in [0.2, 0.25) is 0 Å². The average Bonchev–Trinajstić information content (AvgIpc) is 2.60. The number of ketones is 1. The smallest absolute Gasteiger partial charge is 0.159 e. The van der Waals surface area contributed by atoms with Crippen LogP contribution < -0.4 is 0 Å². The van der Waals surface area contributed by atoms with Crippen LogP contribution in [0.3, 0.4) is 0 Å². The van der Waals surface area contributed by atoms with Crippen molar-refractivity contribution >= 4 is 17.4 Å². The normalized spacial score (nSPS) is 24.6. The molecule has 0 aromatic heterocycles. The third-order valence-corrected chi connectivity index (χ3v) is 3.75. The second-order valence-corrected chi connectivity index (χ2v) is 5.46. The Morgan fingerprint density at radius 3 is 2.56 bits per heavy atom. The summed E-state index contributed by atoms with van der Waals surface area (Å²) in [4.78, 5) is 11.7. The van der Waals surface area contributed by atoms with E-state index < -0.39 is 0 Å². The van der Waals surface area contributed by atoms with Gasteiger partial charge in [-0.15, -0.1) is 11.6 Å². The number of allylic oxidation sites excluding steroid dienone is 2. The number of unbranched alkanes of at least 4 members (excludes halogenated alkanes) is 3. The van der Waals surface area contributed by atoms with Crippen molar-refractivity contribution in [3.8, 4) is 0 Å². The summed E-state index contributed by atoms with van der Waals surface area (Å²) in [5.74, 6) is 2.42. The average molecular weight is 243 g/mol. The lowest BCUT2D eigenvalue weighted by Crippen LogP contribution is -2.20. The summed E-state index contributed by atoms with van der Waals surface area (Å²) in [5.41, 5.74) is 0. The highest BCUT2D eigenvalue weighted by Gasteiger charge is 2.31. The predicted octanol–water partition coefficient (Wildman–Crippen LogP) is 4.20. The van der Waals surface area contributed by atoms with Crippen molar-refractivity contribution in [2.45, 2.75) is 46.0 Å². The third-order valence-electron chi connectivity index (χ3n) is 3.48. The predicted molar refractivity (Wildman–Crippen MR) is 69.8 cm³/mol. The maximum atomic E-state index is 11.7. The van der Waals surface area contributed by atoms with Crippen LogP contribution in [-0.4, -0.2) is 11.7 Å². The summed E-state index contributed by atoms with van der Waals surface area (Å²) in [5, 5.41) is 0. The number of hydrogen-bond acceptors (Lipinski definition) is 1. The molecule has 1 rings (SSSR count). The van der Waals surface area contributed by atoms with Gasteiger partial charge in [-0.2, -0.15) is 0 Å². The van der Waals surface area contributed by atoms with Crippen molar-refractivity contribution in [3.63, 3.8) is 0 Å². The van der Waals surface area contributed by atoms with Gasteiger partial charge in [0.05, 0.1) is 0 Å². The summed E-state index contributed by atoms with van der Waals surface area (Å²) in [6.45, 7) is 4.40. The van der Waals surface area contributed by atoms with Crippen LogP contribution in [0.2, 0.25) is 0 Å². The first kappa shape index (κ1) is 13.8. The van der Waals surface area contributed by atoms with Crippen LogP contribution in [0, 0.1) is 17.8 Å². The lowest BCUT2D eigenvalue weighted by molar-refractivity contribution is -0.118.